The van der Waals surface area contributed by atoms with E-state index in [9.17, 15) is 9.59 Å². The number of aliphatic carboxylic acids is 2. The van der Waals surface area contributed by atoms with Gasteiger partial charge < -0.3 is 21.7 Å². The second-order valence-corrected chi connectivity index (χ2v) is 6.02. The fraction of sp³-hybridized carbons (Fsp3) is 0.833. The highest BCUT2D eigenvalue weighted by Gasteiger charge is 2.23. The molecule has 19 heavy (non-hydrogen) atoms. The number of carboxylic acid groups (broad SMARTS) is 2. The first kappa shape index (κ1) is 18.2. The highest BCUT2D eigenvalue weighted by molar-refractivity contribution is 7.99. The van der Waals surface area contributed by atoms with Gasteiger partial charge in [0.25, 0.3) is 0 Å². The Bertz CT molecular complexity index is 269. The van der Waals surface area contributed by atoms with E-state index in [0.29, 0.717) is 24.3 Å². The first-order valence-electron chi connectivity index (χ1n) is 6.31. The summed E-state index contributed by atoms with van der Waals surface area (Å²) in [5, 5.41) is 17.9. The molecule has 4 unspecified atom stereocenters. The lowest BCUT2D eigenvalue weighted by molar-refractivity contribution is -0.143. The Morgan fingerprint density at radius 1 is 0.947 bits per heavy atom. The third kappa shape index (κ3) is 7.39. The normalized spacial score (nSPS) is 17.5. The van der Waals surface area contributed by atoms with Gasteiger partial charge >= 0.3 is 11.9 Å². The predicted octanol–water partition coefficient (Wildman–Crippen LogP) is 0.596. The van der Waals surface area contributed by atoms with E-state index in [0.717, 1.165) is 0 Å². The molecule has 7 heteroatoms. The van der Waals surface area contributed by atoms with Crippen molar-refractivity contribution in [2.24, 2.45) is 23.3 Å². The molecule has 0 saturated carbocycles. The lowest BCUT2D eigenvalue weighted by atomic mass is 9.99. The SMILES string of the molecule is CC(N)C(CCSCCC(C(=O)O)C(C)N)C(=O)O. The van der Waals surface area contributed by atoms with Gasteiger partial charge in [-0.15, -0.1) is 0 Å². The molecule has 0 spiro atoms. The van der Waals surface area contributed by atoms with Crippen LogP contribution >= 0.6 is 11.8 Å². The maximum atomic E-state index is 10.9. The molecule has 4 atom stereocenters. The Morgan fingerprint density at radius 2 is 1.26 bits per heavy atom. The molecule has 0 aromatic rings. The monoisotopic (exact) mass is 292 g/mol. The molecule has 0 fully saturated rings. The van der Waals surface area contributed by atoms with E-state index in [1.165, 1.54) is 0 Å². The third-order valence-electron chi connectivity index (χ3n) is 3.05. The summed E-state index contributed by atoms with van der Waals surface area (Å²) in [7, 11) is 0. The molecule has 0 radical (unpaired) electrons. The minimum Gasteiger partial charge on any atom is -0.481 e. The number of rotatable bonds is 10. The van der Waals surface area contributed by atoms with Crippen molar-refractivity contribution in [1.82, 2.24) is 0 Å². The van der Waals surface area contributed by atoms with E-state index < -0.39 is 23.8 Å². The minimum absolute atomic E-state index is 0.381. The minimum atomic E-state index is -0.880. The van der Waals surface area contributed by atoms with Crippen LogP contribution < -0.4 is 11.5 Å². The standard InChI is InChI=1S/C12H24N2O4S/c1-7(13)9(11(15)16)3-5-19-6-4-10(8(2)14)12(17)18/h7-10H,3-6,13-14H2,1-2H3,(H,15,16)(H,17,18). The first-order valence-corrected chi connectivity index (χ1v) is 7.47. The van der Waals surface area contributed by atoms with Gasteiger partial charge in [0.1, 0.15) is 0 Å². The maximum Gasteiger partial charge on any atom is 0.308 e. The van der Waals surface area contributed by atoms with Crippen LogP contribution in [0.25, 0.3) is 0 Å². The second kappa shape index (κ2) is 9.17. The van der Waals surface area contributed by atoms with Crippen molar-refractivity contribution in [1.29, 1.82) is 0 Å². The van der Waals surface area contributed by atoms with Crippen LogP contribution in [0, 0.1) is 11.8 Å². The van der Waals surface area contributed by atoms with Gasteiger partial charge in [-0.1, -0.05) is 0 Å². The maximum absolute atomic E-state index is 10.9. The molecule has 0 aromatic carbocycles. The molecule has 6 N–H and O–H groups in total. The van der Waals surface area contributed by atoms with Gasteiger partial charge in [-0.25, -0.2) is 0 Å². The van der Waals surface area contributed by atoms with Crippen molar-refractivity contribution in [3.8, 4) is 0 Å². The van der Waals surface area contributed by atoms with Crippen LogP contribution in [-0.2, 0) is 9.59 Å². The third-order valence-corrected chi connectivity index (χ3v) is 4.10. The van der Waals surface area contributed by atoms with Crippen molar-refractivity contribution in [3.63, 3.8) is 0 Å². The Hall–Kier alpha value is -0.790. The molecular weight excluding hydrogens is 268 g/mol. The molecule has 112 valence electrons. The molecule has 0 rings (SSSR count). The van der Waals surface area contributed by atoms with Gasteiger partial charge in [0.05, 0.1) is 11.8 Å². The van der Waals surface area contributed by atoms with Crippen LogP contribution in [0.5, 0.6) is 0 Å². The van der Waals surface area contributed by atoms with E-state index in [4.69, 9.17) is 21.7 Å². The Morgan fingerprint density at radius 3 is 1.47 bits per heavy atom. The van der Waals surface area contributed by atoms with E-state index in [1.807, 2.05) is 0 Å². The van der Waals surface area contributed by atoms with Gasteiger partial charge in [0.15, 0.2) is 0 Å². The number of hydrogen-bond acceptors (Lipinski definition) is 5. The number of carbonyl (C=O) groups is 2. The fourth-order valence-electron chi connectivity index (χ4n) is 1.75. The molecular formula is C12H24N2O4S. The van der Waals surface area contributed by atoms with Crippen LogP contribution in [0.3, 0.4) is 0 Å². The van der Waals surface area contributed by atoms with Crippen molar-refractivity contribution < 1.29 is 19.8 Å². The van der Waals surface area contributed by atoms with Crippen LogP contribution in [0.2, 0.25) is 0 Å². The van der Waals surface area contributed by atoms with E-state index in [-0.39, 0.29) is 12.1 Å². The molecule has 0 aromatic heterocycles. The van der Waals surface area contributed by atoms with Gasteiger partial charge in [-0.3, -0.25) is 9.59 Å². The summed E-state index contributed by atoms with van der Waals surface area (Å²) in [6.07, 6.45) is 0.987. The summed E-state index contributed by atoms with van der Waals surface area (Å²) in [5.41, 5.74) is 11.2. The fourth-order valence-corrected chi connectivity index (χ4v) is 2.79. The zero-order chi connectivity index (χ0) is 15.0. The summed E-state index contributed by atoms with van der Waals surface area (Å²) < 4.78 is 0. The molecule has 0 aliphatic heterocycles. The number of carboxylic acids is 2. The van der Waals surface area contributed by atoms with Gasteiger partial charge in [0, 0.05) is 12.1 Å². The van der Waals surface area contributed by atoms with Gasteiger partial charge in [0.2, 0.25) is 0 Å². The number of thioether (sulfide) groups is 1. The van der Waals surface area contributed by atoms with Crippen molar-refractivity contribution in [2.75, 3.05) is 11.5 Å². The summed E-state index contributed by atoms with van der Waals surface area (Å²) in [4.78, 5) is 21.8. The lowest BCUT2D eigenvalue weighted by Gasteiger charge is -2.17. The number of hydrogen-bond donors (Lipinski definition) is 4. The second-order valence-electron chi connectivity index (χ2n) is 4.80. The van der Waals surface area contributed by atoms with E-state index in [1.54, 1.807) is 25.6 Å². The summed E-state index contributed by atoms with van der Waals surface area (Å²) in [6.45, 7) is 3.36. The summed E-state index contributed by atoms with van der Waals surface area (Å²) in [5.74, 6) is -1.54. The molecule has 0 aliphatic carbocycles. The highest BCUT2D eigenvalue weighted by atomic mass is 32.2. The summed E-state index contributed by atoms with van der Waals surface area (Å²) in [6, 6.07) is -0.761. The molecule has 0 heterocycles. The average Bonchev–Trinajstić information content (AvgIpc) is 2.25. The van der Waals surface area contributed by atoms with Crippen LogP contribution in [0.15, 0.2) is 0 Å². The Kier molecular flexibility index (Phi) is 8.79. The molecule has 6 nitrogen and oxygen atoms in total. The molecule has 0 bridgehead atoms. The van der Waals surface area contributed by atoms with E-state index >= 15 is 0 Å². The van der Waals surface area contributed by atoms with Crippen LogP contribution in [-0.4, -0.2) is 45.7 Å². The summed E-state index contributed by atoms with van der Waals surface area (Å²) >= 11 is 1.54. The highest BCUT2D eigenvalue weighted by Crippen LogP contribution is 2.17. The lowest BCUT2D eigenvalue weighted by Crippen LogP contribution is -2.33. The van der Waals surface area contributed by atoms with Crippen molar-refractivity contribution in [2.45, 2.75) is 38.8 Å². The largest absolute Gasteiger partial charge is 0.481 e. The van der Waals surface area contributed by atoms with E-state index in [2.05, 4.69) is 0 Å². The average molecular weight is 292 g/mol. The van der Waals surface area contributed by atoms with Gasteiger partial charge in [-0.2, -0.15) is 11.8 Å². The van der Waals surface area contributed by atoms with Crippen LogP contribution in [0.4, 0.5) is 0 Å². The van der Waals surface area contributed by atoms with Crippen molar-refractivity contribution >= 4 is 23.7 Å². The zero-order valence-corrected chi connectivity index (χ0v) is 12.2. The topological polar surface area (TPSA) is 127 Å². The smallest absolute Gasteiger partial charge is 0.308 e. The molecule has 0 amide bonds. The predicted molar refractivity (Wildman–Crippen MR) is 76.1 cm³/mol. The van der Waals surface area contributed by atoms with Crippen LogP contribution in [0.1, 0.15) is 26.7 Å². The zero-order valence-electron chi connectivity index (χ0n) is 11.4. The molecule has 0 saturated heterocycles. The quantitative estimate of drug-likeness (QED) is 0.434. The Balaban J connectivity index is 3.92. The van der Waals surface area contributed by atoms with Gasteiger partial charge in [-0.05, 0) is 38.2 Å². The Labute approximate surface area is 117 Å². The first-order chi connectivity index (χ1) is 8.77. The molecule has 0 aliphatic rings. The van der Waals surface area contributed by atoms with Crippen molar-refractivity contribution in [3.05, 3.63) is 0 Å². The number of nitrogens with two attached hydrogens (primary N) is 2.